The summed E-state index contributed by atoms with van der Waals surface area (Å²) in [4.78, 5) is 14.2. The maximum Gasteiger partial charge on any atom is 0.275 e. The number of ether oxygens (including phenoxy) is 1. The van der Waals surface area contributed by atoms with Crippen LogP contribution < -0.4 is 15.0 Å². The van der Waals surface area contributed by atoms with Gasteiger partial charge in [-0.2, -0.15) is 0 Å². The molecule has 1 amide bonds. The Hall–Kier alpha value is -2.33. The largest absolute Gasteiger partial charge is 0.497 e. The summed E-state index contributed by atoms with van der Waals surface area (Å²) in [6.45, 7) is 7.27. The molecule has 27 heavy (non-hydrogen) atoms. The first kappa shape index (κ1) is 19.4. The van der Waals surface area contributed by atoms with Gasteiger partial charge in [-0.15, -0.1) is 0 Å². The van der Waals surface area contributed by atoms with Crippen LogP contribution in [-0.4, -0.2) is 32.7 Å². The van der Waals surface area contributed by atoms with Crippen molar-refractivity contribution in [3.63, 3.8) is 0 Å². The molecule has 1 saturated heterocycles. The van der Waals surface area contributed by atoms with Gasteiger partial charge in [0.05, 0.1) is 26.2 Å². The van der Waals surface area contributed by atoms with E-state index in [1.807, 2.05) is 42.5 Å². The molecule has 0 spiro atoms. The van der Waals surface area contributed by atoms with Gasteiger partial charge < -0.3 is 15.0 Å². The molecule has 0 radical (unpaired) electrons. The highest BCUT2D eigenvalue weighted by molar-refractivity contribution is 5.78. The molecule has 1 aliphatic rings. The summed E-state index contributed by atoms with van der Waals surface area (Å²) in [5.41, 5.74) is 2.15. The van der Waals surface area contributed by atoms with Crippen molar-refractivity contribution in [3.8, 4) is 5.75 Å². The van der Waals surface area contributed by atoms with Gasteiger partial charge in [0.1, 0.15) is 5.75 Å². The van der Waals surface area contributed by atoms with E-state index in [2.05, 4.69) is 31.3 Å². The molecule has 0 aromatic heterocycles. The van der Waals surface area contributed by atoms with Crippen molar-refractivity contribution in [1.29, 1.82) is 0 Å². The average Bonchev–Trinajstić information content (AvgIpc) is 2.66. The second-order valence-corrected chi connectivity index (χ2v) is 7.97. The standard InChI is InChI=1S/C23H30N2O2/c1-17-13-18(2)15-25(14-17)16-22(26)24-23(19-7-5-4-6-8-19)20-9-11-21(27-3)12-10-20/h4-12,17-18,23H,13-16H2,1-3H3,(H,24,26)/p+1/t17-,18-,23+/m1/s1. The van der Waals surface area contributed by atoms with Gasteiger partial charge in [-0.25, -0.2) is 0 Å². The fourth-order valence-electron chi connectivity index (χ4n) is 4.31. The van der Waals surface area contributed by atoms with Crippen molar-refractivity contribution < 1.29 is 14.4 Å². The smallest absolute Gasteiger partial charge is 0.275 e. The third kappa shape index (κ3) is 5.33. The molecular formula is C23H31N2O2+. The number of hydrogen-bond acceptors (Lipinski definition) is 2. The SMILES string of the molecule is COc1ccc([C@@H](NC(=O)C[NH+]2C[C@H](C)C[C@@H](C)C2)c2ccccc2)cc1. The maximum atomic E-state index is 12.8. The number of hydrogen-bond donors (Lipinski definition) is 2. The van der Waals surface area contributed by atoms with Crippen LogP contribution >= 0.6 is 0 Å². The molecule has 0 bridgehead atoms. The zero-order chi connectivity index (χ0) is 19.2. The normalized spacial score (nSPS) is 23.4. The number of amides is 1. The first-order valence-electron chi connectivity index (χ1n) is 9.87. The van der Waals surface area contributed by atoms with Crippen LogP contribution in [0, 0.1) is 11.8 Å². The van der Waals surface area contributed by atoms with Gasteiger partial charge in [0.25, 0.3) is 5.91 Å². The van der Waals surface area contributed by atoms with Crippen LogP contribution in [0.3, 0.4) is 0 Å². The van der Waals surface area contributed by atoms with Crippen molar-refractivity contribution in [1.82, 2.24) is 5.32 Å². The number of benzene rings is 2. The predicted octanol–water partition coefficient (Wildman–Crippen LogP) is 2.46. The highest BCUT2D eigenvalue weighted by atomic mass is 16.5. The van der Waals surface area contributed by atoms with E-state index in [1.165, 1.54) is 11.3 Å². The summed E-state index contributed by atoms with van der Waals surface area (Å²) >= 11 is 0. The molecule has 0 unspecified atom stereocenters. The van der Waals surface area contributed by atoms with Crippen LogP contribution in [0.2, 0.25) is 0 Å². The van der Waals surface area contributed by atoms with Crippen molar-refractivity contribution in [3.05, 3.63) is 65.7 Å². The second-order valence-electron chi connectivity index (χ2n) is 7.97. The predicted molar refractivity (Wildman–Crippen MR) is 108 cm³/mol. The first-order chi connectivity index (χ1) is 13.0. The van der Waals surface area contributed by atoms with Crippen molar-refractivity contribution in [2.75, 3.05) is 26.7 Å². The number of methoxy groups -OCH3 is 1. The van der Waals surface area contributed by atoms with Gasteiger partial charge in [-0.05, 0) is 29.7 Å². The number of quaternary nitrogens is 1. The van der Waals surface area contributed by atoms with Crippen LogP contribution in [0.25, 0.3) is 0 Å². The van der Waals surface area contributed by atoms with Gasteiger partial charge >= 0.3 is 0 Å². The molecular weight excluding hydrogens is 336 g/mol. The third-order valence-corrected chi connectivity index (χ3v) is 5.38. The summed E-state index contributed by atoms with van der Waals surface area (Å²) in [7, 11) is 1.66. The van der Waals surface area contributed by atoms with E-state index < -0.39 is 0 Å². The first-order valence-corrected chi connectivity index (χ1v) is 9.87. The summed E-state index contributed by atoms with van der Waals surface area (Å²) in [5, 5.41) is 3.26. The zero-order valence-electron chi connectivity index (χ0n) is 16.6. The molecule has 1 fully saturated rings. The minimum absolute atomic E-state index is 0.107. The summed E-state index contributed by atoms with van der Waals surface area (Å²) < 4.78 is 5.27. The Morgan fingerprint density at radius 3 is 2.22 bits per heavy atom. The molecule has 0 saturated carbocycles. The van der Waals surface area contributed by atoms with E-state index in [9.17, 15) is 4.79 Å². The molecule has 4 heteroatoms. The number of rotatable bonds is 6. The molecule has 4 nitrogen and oxygen atoms in total. The molecule has 3 atom stereocenters. The molecule has 2 aromatic rings. The van der Waals surface area contributed by atoms with Crippen molar-refractivity contribution >= 4 is 5.91 Å². The Morgan fingerprint density at radius 1 is 1.04 bits per heavy atom. The zero-order valence-corrected chi connectivity index (χ0v) is 16.6. The number of nitrogens with one attached hydrogen (secondary N) is 2. The fraction of sp³-hybridized carbons (Fsp3) is 0.435. The van der Waals surface area contributed by atoms with E-state index in [-0.39, 0.29) is 11.9 Å². The van der Waals surface area contributed by atoms with Crippen LogP contribution in [0.15, 0.2) is 54.6 Å². The summed E-state index contributed by atoms with van der Waals surface area (Å²) in [6.07, 6.45) is 1.27. The third-order valence-electron chi connectivity index (χ3n) is 5.38. The lowest BCUT2D eigenvalue weighted by molar-refractivity contribution is -0.904. The Kier molecular flexibility index (Phi) is 6.51. The monoisotopic (exact) mass is 367 g/mol. The topological polar surface area (TPSA) is 42.8 Å². The lowest BCUT2D eigenvalue weighted by atomic mass is 9.92. The maximum absolute atomic E-state index is 12.8. The summed E-state index contributed by atoms with van der Waals surface area (Å²) in [5.74, 6) is 2.29. The highest BCUT2D eigenvalue weighted by Crippen LogP contribution is 2.24. The van der Waals surface area contributed by atoms with Crippen LogP contribution in [0.5, 0.6) is 5.75 Å². The number of carbonyl (C=O) groups excluding carboxylic acids is 1. The van der Waals surface area contributed by atoms with Gasteiger partial charge in [-0.1, -0.05) is 56.3 Å². The second kappa shape index (κ2) is 9.05. The fourth-order valence-corrected chi connectivity index (χ4v) is 4.31. The van der Waals surface area contributed by atoms with E-state index >= 15 is 0 Å². The molecule has 144 valence electrons. The average molecular weight is 368 g/mol. The quantitative estimate of drug-likeness (QED) is 0.824. The van der Waals surface area contributed by atoms with Crippen LogP contribution in [-0.2, 0) is 4.79 Å². The minimum Gasteiger partial charge on any atom is -0.497 e. The van der Waals surface area contributed by atoms with E-state index in [1.54, 1.807) is 7.11 Å². The number of piperidine rings is 1. The lowest BCUT2D eigenvalue weighted by Crippen LogP contribution is -3.15. The molecule has 0 aliphatic carbocycles. The Morgan fingerprint density at radius 2 is 1.63 bits per heavy atom. The van der Waals surface area contributed by atoms with Gasteiger partial charge in [0.15, 0.2) is 6.54 Å². The van der Waals surface area contributed by atoms with Crippen molar-refractivity contribution in [2.24, 2.45) is 11.8 Å². The molecule has 3 rings (SSSR count). The van der Waals surface area contributed by atoms with Crippen molar-refractivity contribution in [2.45, 2.75) is 26.3 Å². The molecule has 2 aromatic carbocycles. The van der Waals surface area contributed by atoms with E-state index in [0.29, 0.717) is 18.4 Å². The van der Waals surface area contributed by atoms with Gasteiger partial charge in [0, 0.05) is 11.8 Å². The Labute approximate surface area is 162 Å². The Bertz CT molecular complexity index is 720. The molecule has 2 N–H and O–H groups in total. The summed E-state index contributed by atoms with van der Waals surface area (Å²) in [6, 6.07) is 17.9. The van der Waals surface area contributed by atoms with Gasteiger partial charge in [0.2, 0.25) is 0 Å². The highest BCUT2D eigenvalue weighted by Gasteiger charge is 2.27. The lowest BCUT2D eigenvalue weighted by Gasteiger charge is -2.32. The number of likely N-dealkylation sites (tertiary alicyclic amines) is 1. The minimum atomic E-state index is -0.149. The van der Waals surface area contributed by atoms with E-state index in [0.717, 1.165) is 30.0 Å². The van der Waals surface area contributed by atoms with Gasteiger partial charge in [-0.3, -0.25) is 4.79 Å². The molecule has 1 heterocycles. The Balaban J connectivity index is 1.74. The van der Waals surface area contributed by atoms with Crippen LogP contribution in [0.1, 0.15) is 37.4 Å². The number of carbonyl (C=O) groups is 1. The van der Waals surface area contributed by atoms with E-state index in [4.69, 9.17) is 4.74 Å². The molecule has 1 aliphatic heterocycles. The van der Waals surface area contributed by atoms with Crippen LogP contribution in [0.4, 0.5) is 0 Å².